The summed E-state index contributed by atoms with van der Waals surface area (Å²) in [7, 11) is 0. The Morgan fingerprint density at radius 2 is 2.12 bits per heavy atom. The predicted octanol–water partition coefficient (Wildman–Crippen LogP) is 2.79. The summed E-state index contributed by atoms with van der Waals surface area (Å²) in [5, 5.41) is 7.99. The van der Waals surface area contributed by atoms with Crippen LogP contribution in [-0.4, -0.2) is 16.3 Å². The quantitative estimate of drug-likeness (QED) is 0.798. The molecule has 1 saturated carbocycles. The standard InChI is InChI=1S/C13H24N4/c1-4-8-17-12(11(14)10(3)16-17)15-9-13(5-2)6-7-13/h15H,4-9,14H2,1-3H3. The minimum absolute atomic E-state index is 0.529. The van der Waals surface area contributed by atoms with E-state index in [0.717, 1.165) is 36.7 Å². The highest BCUT2D eigenvalue weighted by atomic mass is 15.3. The molecule has 0 aliphatic heterocycles. The molecule has 1 aromatic heterocycles. The lowest BCUT2D eigenvalue weighted by atomic mass is 10.0. The van der Waals surface area contributed by atoms with Crippen LogP contribution in [0.25, 0.3) is 0 Å². The Bertz CT molecular complexity index is 390. The molecule has 2 rings (SSSR count). The molecule has 4 heteroatoms. The monoisotopic (exact) mass is 236 g/mol. The second-order valence-electron chi connectivity index (χ2n) is 5.28. The van der Waals surface area contributed by atoms with Crippen LogP contribution in [0.15, 0.2) is 0 Å². The van der Waals surface area contributed by atoms with Gasteiger partial charge in [-0.3, -0.25) is 0 Å². The molecule has 1 heterocycles. The van der Waals surface area contributed by atoms with Gasteiger partial charge in [0.25, 0.3) is 0 Å². The van der Waals surface area contributed by atoms with Crippen molar-refractivity contribution >= 4 is 11.5 Å². The molecule has 3 N–H and O–H groups in total. The average molecular weight is 236 g/mol. The van der Waals surface area contributed by atoms with Gasteiger partial charge in [0.15, 0.2) is 0 Å². The molecule has 1 aliphatic rings. The van der Waals surface area contributed by atoms with Crippen LogP contribution < -0.4 is 11.1 Å². The van der Waals surface area contributed by atoms with Gasteiger partial charge in [-0.25, -0.2) is 4.68 Å². The van der Waals surface area contributed by atoms with E-state index in [-0.39, 0.29) is 0 Å². The molecule has 0 aromatic carbocycles. The van der Waals surface area contributed by atoms with Crippen LogP contribution >= 0.6 is 0 Å². The zero-order valence-corrected chi connectivity index (χ0v) is 11.2. The molecule has 17 heavy (non-hydrogen) atoms. The van der Waals surface area contributed by atoms with Crippen LogP contribution in [-0.2, 0) is 6.54 Å². The lowest BCUT2D eigenvalue weighted by molar-refractivity contribution is 0.515. The summed E-state index contributed by atoms with van der Waals surface area (Å²) in [5.74, 6) is 1.02. The van der Waals surface area contributed by atoms with E-state index in [9.17, 15) is 0 Å². The summed E-state index contributed by atoms with van der Waals surface area (Å²) in [6.45, 7) is 8.36. The normalized spacial score (nSPS) is 17.1. The Morgan fingerprint density at radius 1 is 1.41 bits per heavy atom. The maximum atomic E-state index is 6.08. The average Bonchev–Trinajstić information content (AvgIpc) is 3.04. The lowest BCUT2D eigenvalue weighted by Gasteiger charge is -2.16. The molecule has 1 fully saturated rings. The van der Waals surface area contributed by atoms with Crippen molar-refractivity contribution in [1.82, 2.24) is 9.78 Å². The number of hydrogen-bond acceptors (Lipinski definition) is 3. The number of aryl methyl sites for hydroxylation is 2. The van der Waals surface area contributed by atoms with Crippen LogP contribution in [0.3, 0.4) is 0 Å². The summed E-state index contributed by atoms with van der Waals surface area (Å²) >= 11 is 0. The Hall–Kier alpha value is -1.19. The summed E-state index contributed by atoms with van der Waals surface area (Å²) in [4.78, 5) is 0. The molecule has 1 aromatic rings. The first-order valence-corrected chi connectivity index (χ1v) is 6.68. The van der Waals surface area contributed by atoms with E-state index in [1.54, 1.807) is 0 Å². The Morgan fingerprint density at radius 3 is 2.65 bits per heavy atom. The number of hydrogen-bond donors (Lipinski definition) is 2. The first-order chi connectivity index (χ1) is 8.12. The van der Waals surface area contributed by atoms with Crippen LogP contribution in [0.2, 0.25) is 0 Å². The summed E-state index contributed by atoms with van der Waals surface area (Å²) < 4.78 is 2.01. The van der Waals surface area contributed by atoms with E-state index in [2.05, 4.69) is 24.3 Å². The number of nitrogens with one attached hydrogen (secondary N) is 1. The molecule has 0 unspecified atom stereocenters. The Balaban J connectivity index is 2.08. The number of anilines is 2. The number of nitrogens with two attached hydrogens (primary N) is 1. The van der Waals surface area contributed by atoms with Crippen LogP contribution in [0.4, 0.5) is 11.5 Å². The van der Waals surface area contributed by atoms with Gasteiger partial charge in [-0.2, -0.15) is 5.10 Å². The maximum Gasteiger partial charge on any atom is 0.148 e. The summed E-state index contributed by atoms with van der Waals surface area (Å²) in [6, 6.07) is 0. The third kappa shape index (κ3) is 2.40. The highest BCUT2D eigenvalue weighted by Gasteiger charge is 2.40. The van der Waals surface area contributed by atoms with Crippen LogP contribution in [0.1, 0.15) is 45.2 Å². The van der Waals surface area contributed by atoms with Gasteiger partial charge >= 0.3 is 0 Å². The highest BCUT2D eigenvalue weighted by Crippen LogP contribution is 2.48. The van der Waals surface area contributed by atoms with Gasteiger partial charge in [0.2, 0.25) is 0 Å². The third-order valence-corrected chi connectivity index (χ3v) is 3.95. The number of nitrogen functional groups attached to an aromatic ring is 1. The smallest absolute Gasteiger partial charge is 0.148 e. The molecule has 0 amide bonds. The van der Waals surface area contributed by atoms with Crippen molar-refractivity contribution in [2.75, 3.05) is 17.6 Å². The fourth-order valence-electron chi connectivity index (χ4n) is 2.26. The van der Waals surface area contributed by atoms with E-state index in [1.807, 2.05) is 11.6 Å². The molecular formula is C13H24N4. The molecular weight excluding hydrogens is 212 g/mol. The van der Waals surface area contributed by atoms with Crippen molar-refractivity contribution in [3.63, 3.8) is 0 Å². The van der Waals surface area contributed by atoms with Gasteiger partial charge < -0.3 is 11.1 Å². The van der Waals surface area contributed by atoms with Gasteiger partial charge in [-0.1, -0.05) is 13.8 Å². The third-order valence-electron chi connectivity index (χ3n) is 3.95. The van der Waals surface area contributed by atoms with Gasteiger partial charge in [0.1, 0.15) is 5.82 Å². The van der Waals surface area contributed by atoms with Gasteiger partial charge in [-0.15, -0.1) is 0 Å². The van der Waals surface area contributed by atoms with Gasteiger partial charge in [0.05, 0.1) is 11.4 Å². The van der Waals surface area contributed by atoms with Crippen LogP contribution in [0.5, 0.6) is 0 Å². The van der Waals surface area contributed by atoms with Crippen molar-refractivity contribution in [3.8, 4) is 0 Å². The van der Waals surface area contributed by atoms with Gasteiger partial charge in [0, 0.05) is 13.1 Å². The van der Waals surface area contributed by atoms with E-state index in [4.69, 9.17) is 5.73 Å². The second kappa shape index (κ2) is 4.59. The van der Waals surface area contributed by atoms with Crippen molar-refractivity contribution in [2.45, 2.75) is 53.0 Å². The number of aromatic nitrogens is 2. The molecule has 0 radical (unpaired) electrons. The van der Waals surface area contributed by atoms with E-state index >= 15 is 0 Å². The van der Waals surface area contributed by atoms with Gasteiger partial charge in [-0.05, 0) is 38.0 Å². The largest absolute Gasteiger partial charge is 0.394 e. The topological polar surface area (TPSA) is 55.9 Å². The Labute approximate surface area is 104 Å². The SMILES string of the molecule is CCCn1nc(C)c(N)c1NCC1(CC)CC1. The fourth-order valence-corrected chi connectivity index (χ4v) is 2.26. The highest BCUT2D eigenvalue weighted by molar-refractivity contribution is 5.64. The molecule has 0 atom stereocenters. The zero-order valence-electron chi connectivity index (χ0n) is 11.2. The van der Waals surface area contributed by atoms with Crippen LogP contribution in [0, 0.1) is 12.3 Å². The second-order valence-corrected chi connectivity index (χ2v) is 5.28. The minimum atomic E-state index is 0.529. The van der Waals surface area contributed by atoms with E-state index in [1.165, 1.54) is 19.3 Å². The van der Waals surface area contributed by atoms with Crippen molar-refractivity contribution in [1.29, 1.82) is 0 Å². The molecule has 1 aliphatic carbocycles. The zero-order chi connectivity index (χ0) is 12.5. The van der Waals surface area contributed by atoms with Crippen molar-refractivity contribution < 1.29 is 0 Å². The number of nitrogens with zero attached hydrogens (tertiary/aromatic N) is 2. The van der Waals surface area contributed by atoms with Crippen molar-refractivity contribution in [3.05, 3.63) is 5.69 Å². The molecule has 4 nitrogen and oxygen atoms in total. The summed E-state index contributed by atoms with van der Waals surface area (Å²) in [6.07, 6.45) is 5.02. The molecule has 0 bridgehead atoms. The van der Waals surface area contributed by atoms with E-state index in [0.29, 0.717) is 5.41 Å². The predicted molar refractivity (Wildman–Crippen MR) is 72.1 cm³/mol. The van der Waals surface area contributed by atoms with Crippen molar-refractivity contribution in [2.24, 2.45) is 5.41 Å². The maximum absolute atomic E-state index is 6.08. The summed E-state index contributed by atoms with van der Waals surface area (Å²) in [5.41, 5.74) is 8.35. The minimum Gasteiger partial charge on any atom is -0.394 e. The first-order valence-electron chi connectivity index (χ1n) is 6.68. The molecule has 96 valence electrons. The Kier molecular flexibility index (Phi) is 3.31. The van der Waals surface area contributed by atoms with E-state index < -0.39 is 0 Å². The first kappa shape index (κ1) is 12.3. The molecule has 0 saturated heterocycles. The number of rotatable bonds is 6. The molecule has 0 spiro atoms. The lowest BCUT2D eigenvalue weighted by Crippen LogP contribution is -2.17. The fraction of sp³-hybridized carbons (Fsp3) is 0.769.